The van der Waals surface area contributed by atoms with Crippen molar-refractivity contribution in [2.45, 2.75) is 32.4 Å². The lowest BCUT2D eigenvalue weighted by molar-refractivity contribution is -0.136. The average molecular weight is 263 g/mol. The van der Waals surface area contributed by atoms with Crippen LogP contribution in [-0.2, 0) is 22.5 Å². The molecule has 1 atom stereocenters. The Kier molecular flexibility index (Phi) is 4.93. The first kappa shape index (κ1) is 14.0. The van der Waals surface area contributed by atoms with Crippen molar-refractivity contribution >= 4 is 5.97 Å². The van der Waals surface area contributed by atoms with E-state index >= 15 is 0 Å². The van der Waals surface area contributed by atoms with Crippen LogP contribution in [0.15, 0.2) is 24.3 Å². The molecule has 0 amide bonds. The van der Waals surface area contributed by atoms with Gasteiger partial charge in [-0.1, -0.05) is 31.2 Å². The summed E-state index contributed by atoms with van der Waals surface area (Å²) in [6, 6.07) is 8.36. The molecule has 0 bridgehead atoms. The predicted molar refractivity (Wildman–Crippen MR) is 73.1 cm³/mol. The molecule has 1 saturated heterocycles. The molecule has 0 unspecified atom stereocenters. The summed E-state index contributed by atoms with van der Waals surface area (Å²) in [7, 11) is 0. The van der Waals surface area contributed by atoms with E-state index in [1.54, 1.807) is 0 Å². The predicted octanol–water partition coefficient (Wildman–Crippen LogP) is 1.92. The standard InChI is InChI=1S/C15H21NO3/c1-2-14-11-19-8-7-16(14)10-13-5-3-12(4-6-13)9-15(17)18/h3-6,14H,2,7-11H2,1H3,(H,17,18)/t14-/m0/s1. The lowest BCUT2D eigenvalue weighted by Gasteiger charge is -2.35. The number of carboxylic acid groups (broad SMARTS) is 1. The highest BCUT2D eigenvalue weighted by atomic mass is 16.5. The molecule has 1 aromatic carbocycles. The second-order valence-electron chi connectivity index (χ2n) is 4.99. The van der Waals surface area contributed by atoms with Gasteiger partial charge in [0.05, 0.1) is 19.6 Å². The van der Waals surface area contributed by atoms with Crippen molar-refractivity contribution in [3.63, 3.8) is 0 Å². The number of ether oxygens (including phenoxy) is 1. The number of nitrogens with zero attached hydrogens (tertiary/aromatic N) is 1. The van der Waals surface area contributed by atoms with Crippen molar-refractivity contribution in [2.24, 2.45) is 0 Å². The van der Waals surface area contributed by atoms with Crippen molar-refractivity contribution in [2.75, 3.05) is 19.8 Å². The molecule has 0 aromatic heterocycles. The van der Waals surface area contributed by atoms with Crippen LogP contribution in [-0.4, -0.2) is 41.8 Å². The van der Waals surface area contributed by atoms with Crippen LogP contribution in [0.25, 0.3) is 0 Å². The minimum atomic E-state index is -0.785. The normalized spacial score (nSPS) is 20.4. The molecule has 0 spiro atoms. The van der Waals surface area contributed by atoms with Crippen LogP contribution >= 0.6 is 0 Å². The van der Waals surface area contributed by atoms with E-state index in [0.29, 0.717) is 6.04 Å². The Balaban J connectivity index is 1.96. The fourth-order valence-electron chi connectivity index (χ4n) is 2.45. The summed E-state index contributed by atoms with van der Waals surface area (Å²) in [5.41, 5.74) is 2.08. The van der Waals surface area contributed by atoms with Crippen molar-refractivity contribution in [3.8, 4) is 0 Å². The molecule has 4 nitrogen and oxygen atoms in total. The third-order valence-electron chi connectivity index (χ3n) is 3.58. The third kappa shape index (κ3) is 4.04. The third-order valence-corrected chi connectivity index (χ3v) is 3.58. The minimum Gasteiger partial charge on any atom is -0.481 e. The smallest absolute Gasteiger partial charge is 0.307 e. The van der Waals surface area contributed by atoms with E-state index < -0.39 is 5.97 Å². The molecule has 1 aliphatic rings. The lowest BCUT2D eigenvalue weighted by Crippen LogP contribution is -2.44. The van der Waals surface area contributed by atoms with Gasteiger partial charge >= 0.3 is 5.97 Å². The number of carboxylic acids is 1. The van der Waals surface area contributed by atoms with E-state index in [4.69, 9.17) is 9.84 Å². The maximum absolute atomic E-state index is 10.6. The van der Waals surface area contributed by atoms with E-state index in [9.17, 15) is 4.79 Å². The molecule has 1 aromatic rings. The van der Waals surface area contributed by atoms with Crippen molar-refractivity contribution < 1.29 is 14.6 Å². The first-order valence-electron chi connectivity index (χ1n) is 6.80. The zero-order chi connectivity index (χ0) is 13.7. The number of hydrogen-bond acceptors (Lipinski definition) is 3. The van der Waals surface area contributed by atoms with Gasteiger partial charge in [0.15, 0.2) is 0 Å². The van der Waals surface area contributed by atoms with Gasteiger partial charge in [0.2, 0.25) is 0 Å². The Morgan fingerprint density at radius 3 is 2.68 bits per heavy atom. The summed E-state index contributed by atoms with van der Waals surface area (Å²) in [4.78, 5) is 13.1. The SMILES string of the molecule is CC[C@H]1COCCN1Cc1ccc(CC(=O)O)cc1. The summed E-state index contributed by atoms with van der Waals surface area (Å²) < 4.78 is 5.50. The van der Waals surface area contributed by atoms with Crippen LogP contribution in [0, 0.1) is 0 Å². The van der Waals surface area contributed by atoms with E-state index in [0.717, 1.165) is 38.3 Å². The quantitative estimate of drug-likeness (QED) is 0.882. The van der Waals surface area contributed by atoms with E-state index in [1.165, 1.54) is 5.56 Å². The monoisotopic (exact) mass is 263 g/mol. The van der Waals surface area contributed by atoms with Crippen LogP contribution in [0.3, 0.4) is 0 Å². The Hall–Kier alpha value is -1.39. The van der Waals surface area contributed by atoms with E-state index in [2.05, 4.69) is 11.8 Å². The Morgan fingerprint density at radius 1 is 1.37 bits per heavy atom. The van der Waals surface area contributed by atoms with Crippen molar-refractivity contribution in [1.29, 1.82) is 0 Å². The van der Waals surface area contributed by atoms with Crippen molar-refractivity contribution in [1.82, 2.24) is 4.90 Å². The highest BCUT2D eigenvalue weighted by Gasteiger charge is 2.21. The fourth-order valence-corrected chi connectivity index (χ4v) is 2.45. The Labute approximate surface area is 114 Å². The number of aliphatic carboxylic acids is 1. The van der Waals surface area contributed by atoms with Gasteiger partial charge in [-0.15, -0.1) is 0 Å². The van der Waals surface area contributed by atoms with Gasteiger partial charge in [-0.3, -0.25) is 9.69 Å². The van der Waals surface area contributed by atoms with Gasteiger partial charge in [0.1, 0.15) is 0 Å². The largest absolute Gasteiger partial charge is 0.481 e. The Bertz CT molecular complexity index is 416. The van der Waals surface area contributed by atoms with E-state index in [-0.39, 0.29) is 6.42 Å². The molecular formula is C15H21NO3. The molecule has 0 saturated carbocycles. The number of benzene rings is 1. The molecule has 2 rings (SSSR count). The molecule has 1 N–H and O–H groups in total. The zero-order valence-corrected chi connectivity index (χ0v) is 11.3. The maximum Gasteiger partial charge on any atom is 0.307 e. The molecule has 0 aliphatic carbocycles. The molecule has 0 radical (unpaired) electrons. The molecule has 1 fully saturated rings. The number of morpholine rings is 1. The van der Waals surface area contributed by atoms with Crippen molar-refractivity contribution in [3.05, 3.63) is 35.4 Å². The summed E-state index contributed by atoms with van der Waals surface area (Å²) in [5.74, 6) is -0.785. The second-order valence-corrected chi connectivity index (χ2v) is 4.99. The van der Waals surface area contributed by atoms with Gasteiger partial charge in [-0.2, -0.15) is 0 Å². The first-order chi connectivity index (χ1) is 9.19. The van der Waals surface area contributed by atoms with Crippen LogP contribution in [0.5, 0.6) is 0 Å². The molecule has 19 heavy (non-hydrogen) atoms. The van der Waals surface area contributed by atoms with Gasteiger partial charge in [-0.05, 0) is 17.5 Å². The molecular weight excluding hydrogens is 242 g/mol. The summed E-state index contributed by atoms with van der Waals surface area (Å²) in [6.07, 6.45) is 1.19. The van der Waals surface area contributed by atoms with Crippen LogP contribution < -0.4 is 0 Å². The topological polar surface area (TPSA) is 49.8 Å². The summed E-state index contributed by atoms with van der Waals surface area (Å²) in [5, 5.41) is 8.74. The second kappa shape index (κ2) is 6.68. The van der Waals surface area contributed by atoms with E-state index in [1.807, 2.05) is 24.3 Å². The minimum absolute atomic E-state index is 0.0927. The average Bonchev–Trinajstić information content (AvgIpc) is 2.41. The van der Waals surface area contributed by atoms with Gasteiger partial charge in [0, 0.05) is 19.1 Å². The Morgan fingerprint density at radius 2 is 2.05 bits per heavy atom. The number of rotatable bonds is 5. The lowest BCUT2D eigenvalue weighted by atomic mass is 10.1. The van der Waals surface area contributed by atoms with Gasteiger partial charge in [0.25, 0.3) is 0 Å². The van der Waals surface area contributed by atoms with Gasteiger partial charge in [-0.25, -0.2) is 0 Å². The summed E-state index contributed by atoms with van der Waals surface area (Å²) in [6.45, 7) is 5.67. The summed E-state index contributed by atoms with van der Waals surface area (Å²) >= 11 is 0. The highest BCUT2D eigenvalue weighted by molar-refractivity contribution is 5.70. The first-order valence-corrected chi connectivity index (χ1v) is 6.80. The molecule has 1 aliphatic heterocycles. The maximum atomic E-state index is 10.6. The zero-order valence-electron chi connectivity index (χ0n) is 11.3. The van der Waals surface area contributed by atoms with Crippen LogP contribution in [0.2, 0.25) is 0 Å². The van der Waals surface area contributed by atoms with Gasteiger partial charge < -0.3 is 9.84 Å². The fraction of sp³-hybridized carbons (Fsp3) is 0.533. The molecule has 1 heterocycles. The number of carbonyl (C=O) groups is 1. The molecule has 4 heteroatoms. The van der Waals surface area contributed by atoms with Crippen LogP contribution in [0.1, 0.15) is 24.5 Å². The molecule has 104 valence electrons. The number of hydrogen-bond donors (Lipinski definition) is 1. The van der Waals surface area contributed by atoms with Crippen LogP contribution in [0.4, 0.5) is 0 Å². The highest BCUT2D eigenvalue weighted by Crippen LogP contribution is 2.15.